The topological polar surface area (TPSA) is 38.3 Å². The fourth-order valence-corrected chi connectivity index (χ4v) is 2.90. The zero-order valence-corrected chi connectivity index (χ0v) is 15.5. The minimum atomic E-state index is -0.671. The molecule has 0 heterocycles. The van der Waals surface area contributed by atoms with Gasteiger partial charge in [-0.25, -0.2) is 4.79 Å². The lowest BCUT2D eigenvalue weighted by molar-refractivity contribution is -0.134. The highest BCUT2D eigenvalue weighted by Crippen LogP contribution is 2.36. The van der Waals surface area contributed by atoms with Gasteiger partial charge >= 0.3 is 5.97 Å². The molecule has 0 radical (unpaired) electrons. The van der Waals surface area contributed by atoms with Crippen LogP contribution in [-0.2, 0) is 4.79 Å². The van der Waals surface area contributed by atoms with Gasteiger partial charge in [0.1, 0.15) is 6.04 Å². The number of carbonyl (C=O) groups excluding carboxylic acids is 1. The maximum Gasteiger partial charge on any atom is 0.333 e. The summed E-state index contributed by atoms with van der Waals surface area (Å²) in [6.07, 6.45) is 0. The number of esters is 1. The molecule has 0 bridgehead atoms. The fourth-order valence-electron chi connectivity index (χ4n) is 1.71. The van der Waals surface area contributed by atoms with Crippen LogP contribution >= 0.6 is 58.0 Å². The Labute approximate surface area is 158 Å². The number of rotatable bonds is 4. The number of nitrogens with one attached hydrogen (secondary N) is 1. The van der Waals surface area contributed by atoms with E-state index in [1.807, 2.05) is 0 Å². The lowest BCUT2D eigenvalue weighted by Gasteiger charge is -2.16. The first-order valence-corrected chi connectivity index (χ1v) is 8.24. The third-order valence-corrected chi connectivity index (χ3v) is 4.34. The van der Waals surface area contributed by atoms with Gasteiger partial charge in [0.15, 0.2) is 5.75 Å². The Bertz CT molecular complexity index is 728. The predicted octanol–water partition coefficient (Wildman–Crippen LogP) is 6.36. The Kier molecular flexibility index (Phi) is 6.29. The number of benzene rings is 2. The number of anilines is 1. The molecule has 0 fully saturated rings. The van der Waals surface area contributed by atoms with Crippen LogP contribution in [0.4, 0.5) is 5.69 Å². The second-order valence-electron chi connectivity index (χ2n) is 4.61. The minimum absolute atomic E-state index is 0.0607. The number of hydrogen-bond donors (Lipinski definition) is 1. The van der Waals surface area contributed by atoms with Crippen LogP contribution in [0, 0.1) is 0 Å². The standard InChI is InChI=1S/C15H10Cl5NO2/c1-7(21-9-2-3-10(17)11(18)6-9)15(22)23-14-12(19)4-8(16)5-13(14)20/h2-7,21H,1H3. The third kappa shape index (κ3) is 4.82. The molecule has 0 aromatic heterocycles. The van der Waals surface area contributed by atoms with Crippen LogP contribution in [-0.4, -0.2) is 12.0 Å². The molecule has 0 aliphatic carbocycles. The molecule has 2 aromatic carbocycles. The molecule has 0 aliphatic rings. The quantitative estimate of drug-likeness (QED) is 0.468. The van der Waals surface area contributed by atoms with Crippen molar-refractivity contribution in [1.29, 1.82) is 0 Å². The van der Waals surface area contributed by atoms with Crippen molar-refractivity contribution in [2.45, 2.75) is 13.0 Å². The van der Waals surface area contributed by atoms with Crippen molar-refractivity contribution >= 4 is 69.7 Å². The fraction of sp³-hybridized carbons (Fsp3) is 0.133. The summed E-state index contributed by atoms with van der Waals surface area (Å²) in [6, 6.07) is 7.13. The molecule has 1 N–H and O–H groups in total. The summed E-state index contributed by atoms with van der Waals surface area (Å²) in [5, 5.41) is 4.40. The summed E-state index contributed by atoms with van der Waals surface area (Å²) in [5.41, 5.74) is 0.622. The lowest BCUT2D eigenvalue weighted by atomic mass is 10.2. The molecular formula is C15H10Cl5NO2. The summed E-state index contributed by atoms with van der Waals surface area (Å²) in [4.78, 5) is 12.2. The highest BCUT2D eigenvalue weighted by atomic mass is 35.5. The Morgan fingerprint density at radius 1 is 0.957 bits per heavy atom. The van der Waals surface area contributed by atoms with Crippen LogP contribution in [0.3, 0.4) is 0 Å². The predicted molar refractivity (Wildman–Crippen MR) is 96.7 cm³/mol. The summed E-state index contributed by atoms with van der Waals surface area (Å²) in [5.74, 6) is -0.507. The molecule has 1 unspecified atom stereocenters. The first kappa shape index (κ1) is 18.5. The van der Waals surface area contributed by atoms with Gasteiger partial charge in [-0.2, -0.15) is 0 Å². The van der Waals surface area contributed by atoms with E-state index in [1.165, 1.54) is 12.1 Å². The SMILES string of the molecule is CC(Nc1ccc(Cl)c(Cl)c1)C(=O)Oc1c(Cl)cc(Cl)cc1Cl. The molecule has 0 aliphatic heterocycles. The molecule has 2 aromatic rings. The molecular weight excluding hydrogens is 403 g/mol. The van der Waals surface area contributed by atoms with Gasteiger partial charge in [0, 0.05) is 10.7 Å². The van der Waals surface area contributed by atoms with Gasteiger partial charge in [0.05, 0.1) is 20.1 Å². The third-order valence-electron chi connectivity index (χ3n) is 2.82. The lowest BCUT2D eigenvalue weighted by Crippen LogP contribution is -2.30. The maximum absolute atomic E-state index is 12.2. The average Bonchev–Trinajstić information content (AvgIpc) is 2.46. The zero-order chi connectivity index (χ0) is 17.1. The molecule has 0 saturated heterocycles. The maximum atomic E-state index is 12.2. The molecule has 0 spiro atoms. The molecule has 23 heavy (non-hydrogen) atoms. The molecule has 0 amide bonds. The number of carbonyl (C=O) groups is 1. The van der Waals surface area contributed by atoms with Crippen molar-refractivity contribution in [2.24, 2.45) is 0 Å². The summed E-state index contributed by atoms with van der Waals surface area (Å²) < 4.78 is 5.24. The van der Waals surface area contributed by atoms with E-state index >= 15 is 0 Å². The Morgan fingerprint density at radius 3 is 2.13 bits per heavy atom. The van der Waals surface area contributed by atoms with Gasteiger partial charge in [-0.3, -0.25) is 0 Å². The first-order chi connectivity index (χ1) is 10.8. The zero-order valence-electron chi connectivity index (χ0n) is 11.7. The normalized spacial score (nSPS) is 11.9. The summed E-state index contributed by atoms with van der Waals surface area (Å²) in [7, 11) is 0. The molecule has 1 atom stereocenters. The van der Waals surface area contributed by atoms with E-state index in [2.05, 4.69) is 5.32 Å². The van der Waals surface area contributed by atoms with Crippen LogP contribution in [0.15, 0.2) is 30.3 Å². The Morgan fingerprint density at radius 2 is 1.57 bits per heavy atom. The van der Waals surface area contributed by atoms with Crippen molar-refractivity contribution < 1.29 is 9.53 Å². The highest BCUT2D eigenvalue weighted by molar-refractivity contribution is 6.42. The second kappa shape index (κ2) is 7.82. The van der Waals surface area contributed by atoms with Crippen LogP contribution in [0.2, 0.25) is 25.1 Å². The number of hydrogen-bond acceptors (Lipinski definition) is 3. The Hall–Kier alpha value is -0.840. The number of ether oxygens (including phenoxy) is 1. The van der Waals surface area contributed by atoms with Crippen LogP contribution in [0.25, 0.3) is 0 Å². The van der Waals surface area contributed by atoms with E-state index in [4.69, 9.17) is 62.7 Å². The van der Waals surface area contributed by atoms with Crippen LogP contribution < -0.4 is 10.1 Å². The van der Waals surface area contributed by atoms with Gasteiger partial charge in [0.25, 0.3) is 0 Å². The first-order valence-electron chi connectivity index (χ1n) is 6.35. The van der Waals surface area contributed by atoms with E-state index in [-0.39, 0.29) is 15.8 Å². The second-order valence-corrected chi connectivity index (χ2v) is 6.68. The van der Waals surface area contributed by atoms with Gasteiger partial charge in [0.2, 0.25) is 0 Å². The van der Waals surface area contributed by atoms with Gasteiger partial charge < -0.3 is 10.1 Å². The van der Waals surface area contributed by atoms with Crippen molar-refractivity contribution in [3.05, 3.63) is 55.4 Å². The van der Waals surface area contributed by atoms with Crippen LogP contribution in [0.5, 0.6) is 5.75 Å². The van der Waals surface area contributed by atoms with E-state index in [0.717, 1.165) is 0 Å². The smallest absolute Gasteiger partial charge is 0.333 e. The van der Waals surface area contributed by atoms with Gasteiger partial charge in [-0.1, -0.05) is 58.0 Å². The largest absolute Gasteiger partial charge is 0.422 e. The molecule has 0 saturated carbocycles. The molecule has 8 heteroatoms. The highest BCUT2D eigenvalue weighted by Gasteiger charge is 2.19. The van der Waals surface area contributed by atoms with Crippen molar-refractivity contribution in [2.75, 3.05) is 5.32 Å². The van der Waals surface area contributed by atoms with Crippen LogP contribution in [0.1, 0.15) is 6.92 Å². The van der Waals surface area contributed by atoms with Crippen molar-refractivity contribution in [3.63, 3.8) is 0 Å². The van der Waals surface area contributed by atoms with E-state index in [0.29, 0.717) is 20.8 Å². The van der Waals surface area contributed by atoms with E-state index in [9.17, 15) is 4.79 Å². The molecule has 2 rings (SSSR count). The van der Waals surface area contributed by atoms with Crippen molar-refractivity contribution in [3.8, 4) is 5.75 Å². The minimum Gasteiger partial charge on any atom is -0.422 e. The van der Waals surface area contributed by atoms with Gasteiger partial charge in [-0.15, -0.1) is 0 Å². The summed E-state index contributed by atoms with van der Waals surface area (Å²) >= 11 is 29.5. The molecule has 3 nitrogen and oxygen atoms in total. The van der Waals surface area contributed by atoms with Crippen molar-refractivity contribution in [1.82, 2.24) is 0 Å². The monoisotopic (exact) mass is 411 g/mol. The average molecular weight is 414 g/mol. The number of halogens is 5. The summed E-state index contributed by atoms with van der Waals surface area (Å²) in [6.45, 7) is 1.63. The van der Waals surface area contributed by atoms with E-state index < -0.39 is 12.0 Å². The van der Waals surface area contributed by atoms with Gasteiger partial charge in [-0.05, 0) is 37.3 Å². The Balaban J connectivity index is 2.10. The molecule has 122 valence electrons. The van der Waals surface area contributed by atoms with E-state index in [1.54, 1.807) is 25.1 Å².